The van der Waals surface area contributed by atoms with E-state index in [9.17, 15) is 4.79 Å². The molecule has 11 heavy (non-hydrogen) atoms. The van der Waals surface area contributed by atoms with E-state index in [1.54, 1.807) is 0 Å². The summed E-state index contributed by atoms with van der Waals surface area (Å²) in [5, 5.41) is 2.73. The van der Waals surface area contributed by atoms with E-state index in [1.165, 1.54) is 0 Å². The van der Waals surface area contributed by atoms with E-state index < -0.39 is 0 Å². The average Bonchev–Trinajstić information content (AvgIpc) is 2.01. The lowest BCUT2D eigenvalue weighted by molar-refractivity contribution is -0.121. The van der Waals surface area contributed by atoms with Gasteiger partial charge in [-0.15, -0.1) is 0 Å². The zero-order valence-corrected chi connectivity index (χ0v) is 7.23. The van der Waals surface area contributed by atoms with E-state index in [2.05, 4.69) is 12.2 Å². The largest absolute Gasteiger partial charge is 0.355 e. The van der Waals surface area contributed by atoms with Gasteiger partial charge in [-0.2, -0.15) is 0 Å². The van der Waals surface area contributed by atoms with Crippen molar-refractivity contribution in [2.24, 2.45) is 5.73 Å². The van der Waals surface area contributed by atoms with Crippen LogP contribution in [0.15, 0.2) is 0 Å². The molecule has 0 bridgehead atoms. The minimum absolute atomic E-state index is 0.129. The lowest BCUT2D eigenvalue weighted by atomic mass is 10.2. The maximum atomic E-state index is 10.9. The first-order valence-corrected chi connectivity index (χ1v) is 4.28. The molecule has 0 aromatic carbocycles. The third-order valence-corrected chi connectivity index (χ3v) is 1.47. The van der Waals surface area contributed by atoms with E-state index in [-0.39, 0.29) is 5.91 Å². The molecule has 0 saturated heterocycles. The molecule has 0 atom stereocenters. The second-order valence-corrected chi connectivity index (χ2v) is 2.60. The van der Waals surface area contributed by atoms with Crippen LogP contribution in [0.25, 0.3) is 0 Å². The number of carbonyl (C=O) groups excluding carboxylic acids is 1. The van der Waals surface area contributed by atoms with Crippen LogP contribution in [0.5, 0.6) is 0 Å². The molecule has 0 aliphatic heterocycles. The second-order valence-electron chi connectivity index (χ2n) is 2.60. The highest BCUT2D eigenvalue weighted by molar-refractivity contribution is 5.75. The van der Waals surface area contributed by atoms with Crippen LogP contribution in [0.1, 0.15) is 32.6 Å². The molecule has 0 rings (SSSR count). The Kier molecular flexibility index (Phi) is 7.15. The van der Waals surface area contributed by atoms with Crippen molar-refractivity contribution in [3.05, 3.63) is 0 Å². The molecular weight excluding hydrogens is 140 g/mol. The van der Waals surface area contributed by atoms with Gasteiger partial charge in [-0.05, 0) is 6.42 Å². The minimum atomic E-state index is 0.129. The smallest absolute Gasteiger partial charge is 0.220 e. The maximum Gasteiger partial charge on any atom is 0.220 e. The SMILES string of the molecule is CCCCCC(=O)NCCN. The van der Waals surface area contributed by atoms with Gasteiger partial charge >= 0.3 is 0 Å². The van der Waals surface area contributed by atoms with Crippen molar-refractivity contribution in [1.29, 1.82) is 0 Å². The Morgan fingerprint density at radius 3 is 2.73 bits per heavy atom. The average molecular weight is 158 g/mol. The third kappa shape index (κ3) is 7.33. The molecule has 66 valence electrons. The Balaban J connectivity index is 3.09. The van der Waals surface area contributed by atoms with Gasteiger partial charge in [0.15, 0.2) is 0 Å². The van der Waals surface area contributed by atoms with Crippen LogP contribution in [0.2, 0.25) is 0 Å². The first-order chi connectivity index (χ1) is 5.31. The van der Waals surface area contributed by atoms with Crippen molar-refractivity contribution in [2.75, 3.05) is 13.1 Å². The normalized spacial score (nSPS) is 9.64. The molecule has 0 heterocycles. The third-order valence-electron chi connectivity index (χ3n) is 1.47. The number of unbranched alkanes of at least 4 members (excludes halogenated alkanes) is 2. The fourth-order valence-electron chi connectivity index (χ4n) is 0.836. The van der Waals surface area contributed by atoms with Gasteiger partial charge in [0, 0.05) is 19.5 Å². The molecule has 0 radical (unpaired) electrons. The van der Waals surface area contributed by atoms with Gasteiger partial charge in [0.1, 0.15) is 0 Å². The summed E-state index contributed by atoms with van der Waals surface area (Å²) in [6, 6.07) is 0. The van der Waals surface area contributed by atoms with Crippen LogP contribution in [-0.4, -0.2) is 19.0 Å². The molecule has 0 aliphatic rings. The summed E-state index contributed by atoms with van der Waals surface area (Å²) in [4.78, 5) is 10.9. The van der Waals surface area contributed by atoms with Gasteiger partial charge in [-0.1, -0.05) is 19.8 Å². The first-order valence-electron chi connectivity index (χ1n) is 4.28. The Bertz CT molecular complexity index is 104. The first kappa shape index (κ1) is 10.4. The van der Waals surface area contributed by atoms with E-state index in [0.29, 0.717) is 19.5 Å². The van der Waals surface area contributed by atoms with E-state index in [0.717, 1.165) is 19.3 Å². The highest BCUT2D eigenvalue weighted by Gasteiger charge is 1.97. The van der Waals surface area contributed by atoms with Gasteiger partial charge in [-0.3, -0.25) is 4.79 Å². The molecule has 0 spiro atoms. The van der Waals surface area contributed by atoms with Crippen molar-refractivity contribution in [3.63, 3.8) is 0 Å². The van der Waals surface area contributed by atoms with Crippen LogP contribution in [0.3, 0.4) is 0 Å². The number of carbonyl (C=O) groups is 1. The predicted molar refractivity (Wildman–Crippen MR) is 46.2 cm³/mol. The topological polar surface area (TPSA) is 55.1 Å². The van der Waals surface area contributed by atoms with Gasteiger partial charge < -0.3 is 11.1 Å². The van der Waals surface area contributed by atoms with Crippen LogP contribution in [0.4, 0.5) is 0 Å². The van der Waals surface area contributed by atoms with Gasteiger partial charge in [0.05, 0.1) is 0 Å². The Morgan fingerprint density at radius 2 is 2.18 bits per heavy atom. The van der Waals surface area contributed by atoms with E-state index in [4.69, 9.17) is 5.73 Å². The summed E-state index contributed by atoms with van der Waals surface area (Å²) in [6.07, 6.45) is 3.93. The standard InChI is InChI=1S/C8H18N2O/c1-2-3-4-5-8(11)10-7-6-9/h2-7,9H2,1H3,(H,10,11). The maximum absolute atomic E-state index is 10.9. The lowest BCUT2D eigenvalue weighted by Gasteiger charge is -2.01. The number of nitrogens with two attached hydrogens (primary N) is 1. The van der Waals surface area contributed by atoms with Gasteiger partial charge in [0.2, 0.25) is 5.91 Å². The summed E-state index contributed by atoms with van der Waals surface area (Å²) in [6.45, 7) is 3.25. The van der Waals surface area contributed by atoms with Crippen LogP contribution in [-0.2, 0) is 4.79 Å². The number of hydrogen-bond acceptors (Lipinski definition) is 2. The number of rotatable bonds is 6. The molecule has 3 nitrogen and oxygen atoms in total. The second kappa shape index (κ2) is 7.54. The highest BCUT2D eigenvalue weighted by atomic mass is 16.1. The summed E-state index contributed by atoms with van der Waals surface area (Å²) in [5.41, 5.74) is 5.22. The molecule has 0 fully saturated rings. The Hall–Kier alpha value is -0.570. The zero-order valence-electron chi connectivity index (χ0n) is 7.23. The Morgan fingerprint density at radius 1 is 1.45 bits per heavy atom. The van der Waals surface area contributed by atoms with Crippen LogP contribution >= 0.6 is 0 Å². The van der Waals surface area contributed by atoms with E-state index >= 15 is 0 Å². The summed E-state index contributed by atoms with van der Waals surface area (Å²) in [5.74, 6) is 0.129. The molecular formula is C8H18N2O. The summed E-state index contributed by atoms with van der Waals surface area (Å²) >= 11 is 0. The summed E-state index contributed by atoms with van der Waals surface area (Å²) < 4.78 is 0. The molecule has 0 unspecified atom stereocenters. The molecule has 3 N–H and O–H groups in total. The molecule has 0 aromatic heterocycles. The number of amides is 1. The Labute approximate surface area is 68.3 Å². The predicted octanol–water partition coefficient (Wildman–Crippen LogP) is 0.642. The van der Waals surface area contributed by atoms with Crippen LogP contribution in [0, 0.1) is 0 Å². The fourth-order valence-corrected chi connectivity index (χ4v) is 0.836. The fraction of sp³-hybridized carbons (Fsp3) is 0.875. The number of nitrogens with one attached hydrogen (secondary N) is 1. The lowest BCUT2D eigenvalue weighted by Crippen LogP contribution is -2.28. The zero-order chi connectivity index (χ0) is 8.53. The van der Waals surface area contributed by atoms with Crippen molar-refractivity contribution in [3.8, 4) is 0 Å². The van der Waals surface area contributed by atoms with Crippen molar-refractivity contribution in [1.82, 2.24) is 5.32 Å². The van der Waals surface area contributed by atoms with Crippen molar-refractivity contribution < 1.29 is 4.79 Å². The molecule has 1 amide bonds. The summed E-state index contributed by atoms with van der Waals surface area (Å²) in [7, 11) is 0. The molecule has 3 heteroatoms. The van der Waals surface area contributed by atoms with Gasteiger partial charge in [-0.25, -0.2) is 0 Å². The quantitative estimate of drug-likeness (QED) is 0.557. The van der Waals surface area contributed by atoms with Crippen molar-refractivity contribution in [2.45, 2.75) is 32.6 Å². The monoisotopic (exact) mass is 158 g/mol. The molecule has 0 saturated carbocycles. The van der Waals surface area contributed by atoms with Crippen molar-refractivity contribution >= 4 is 5.91 Å². The number of hydrogen-bond donors (Lipinski definition) is 2. The molecule has 0 aromatic rings. The highest BCUT2D eigenvalue weighted by Crippen LogP contribution is 1.97. The van der Waals surface area contributed by atoms with E-state index in [1.807, 2.05) is 0 Å². The molecule has 0 aliphatic carbocycles. The minimum Gasteiger partial charge on any atom is -0.355 e. The van der Waals surface area contributed by atoms with Gasteiger partial charge in [0.25, 0.3) is 0 Å². The van der Waals surface area contributed by atoms with Crippen LogP contribution < -0.4 is 11.1 Å².